The van der Waals surface area contributed by atoms with Crippen molar-refractivity contribution < 1.29 is 13.5 Å². The summed E-state index contributed by atoms with van der Waals surface area (Å²) in [5.41, 5.74) is -0.543. The molecule has 0 N–H and O–H groups in total. The van der Waals surface area contributed by atoms with Gasteiger partial charge in [0.25, 0.3) is 0 Å². The highest BCUT2D eigenvalue weighted by molar-refractivity contribution is 5.82. The summed E-state index contributed by atoms with van der Waals surface area (Å²) in [5.74, 6) is 0.612. The minimum Gasteiger partial charge on any atom is -0.497 e. The SMILES string of the molecule is COc1ccc2cc(CF)oc(=O)c2c1. The first-order valence-corrected chi connectivity index (χ1v) is 4.41. The molecule has 0 amide bonds. The Morgan fingerprint density at radius 1 is 1.40 bits per heavy atom. The average Bonchev–Trinajstić information content (AvgIpc) is 2.28. The summed E-state index contributed by atoms with van der Waals surface area (Å²) in [5, 5.41) is 1.05. The van der Waals surface area contributed by atoms with Crippen LogP contribution in [-0.2, 0) is 6.67 Å². The normalized spacial score (nSPS) is 10.5. The maximum absolute atomic E-state index is 12.3. The van der Waals surface area contributed by atoms with Gasteiger partial charge in [-0.25, -0.2) is 9.18 Å². The molecule has 0 radical (unpaired) electrons. The lowest BCUT2D eigenvalue weighted by molar-refractivity contribution is 0.373. The van der Waals surface area contributed by atoms with Crippen LogP contribution in [0, 0.1) is 0 Å². The third-order valence-electron chi connectivity index (χ3n) is 2.15. The van der Waals surface area contributed by atoms with Gasteiger partial charge < -0.3 is 9.15 Å². The molecule has 0 aliphatic heterocycles. The van der Waals surface area contributed by atoms with Crippen LogP contribution < -0.4 is 10.4 Å². The Morgan fingerprint density at radius 3 is 2.87 bits per heavy atom. The number of rotatable bonds is 2. The van der Waals surface area contributed by atoms with Crippen LogP contribution in [0.3, 0.4) is 0 Å². The van der Waals surface area contributed by atoms with Crippen molar-refractivity contribution in [3.63, 3.8) is 0 Å². The standard InChI is InChI=1S/C11H9FO3/c1-14-8-3-2-7-4-9(6-12)15-11(13)10(7)5-8/h2-5H,6H2,1H3. The molecule has 0 atom stereocenters. The molecular formula is C11H9FO3. The second kappa shape index (κ2) is 3.73. The highest BCUT2D eigenvalue weighted by atomic mass is 19.1. The predicted molar refractivity (Wildman–Crippen MR) is 53.8 cm³/mol. The molecule has 1 aromatic heterocycles. The number of hydrogen-bond acceptors (Lipinski definition) is 3. The molecule has 1 heterocycles. The molecule has 2 aromatic rings. The third kappa shape index (κ3) is 1.70. The number of halogens is 1. The Kier molecular flexibility index (Phi) is 2.41. The molecule has 0 unspecified atom stereocenters. The fraction of sp³-hybridized carbons (Fsp3) is 0.182. The largest absolute Gasteiger partial charge is 0.497 e. The van der Waals surface area contributed by atoms with Crippen molar-refractivity contribution in [2.24, 2.45) is 0 Å². The molecule has 0 spiro atoms. The first kappa shape index (κ1) is 9.71. The van der Waals surface area contributed by atoms with Gasteiger partial charge in [-0.1, -0.05) is 6.07 Å². The van der Waals surface area contributed by atoms with E-state index in [1.54, 1.807) is 18.2 Å². The van der Waals surface area contributed by atoms with Crippen molar-refractivity contribution in [1.82, 2.24) is 0 Å². The van der Waals surface area contributed by atoms with Crippen LogP contribution in [0.25, 0.3) is 10.8 Å². The summed E-state index contributed by atoms with van der Waals surface area (Å²) in [6.45, 7) is -0.781. The molecule has 0 saturated carbocycles. The van der Waals surface area contributed by atoms with Crippen LogP contribution in [0.15, 0.2) is 33.5 Å². The maximum Gasteiger partial charge on any atom is 0.344 e. The van der Waals surface area contributed by atoms with E-state index in [0.29, 0.717) is 16.5 Å². The first-order chi connectivity index (χ1) is 7.24. The Hall–Kier alpha value is -1.84. The zero-order chi connectivity index (χ0) is 10.8. The molecule has 3 nitrogen and oxygen atoms in total. The average molecular weight is 208 g/mol. The van der Waals surface area contributed by atoms with Crippen LogP contribution in [0.2, 0.25) is 0 Å². The Balaban J connectivity index is 2.74. The highest BCUT2D eigenvalue weighted by Crippen LogP contribution is 2.19. The summed E-state index contributed by atoms with van der Waals surface area (Å²) < 4.78 is 22.1. The summed E-state index contributed by atoms with van der Waals surface area (Å²) in [6.07, 6.45) is 0. The first-order valence-electron chi connectivity index (χ1n) is 4.41. The van der Waals surface area contributed by atoms with E-state index in [0.717, 1.165) is 0 Å². The summed E-state index contributed by atoms with van der Waals surface area (Å²) in [4.78, 5) is 11.4. The molecule has 0 aliphatic rings. The topological polar surface area (TPSA) is 39.4 Å². The maximum atomic E-state index is 12.3. The Bertz CT molecular complexity index is 545. The lowest BCUT2D eigenvalue weighted by Gasteiger charge is -2.02. The van der Waals surface area contributed by atoms with E-state index in [-0.39, 0.29) is 5.76 Å². The summed E-state index contributed by atoms with van der Waals surface area (Å²) in [7, 11) is 1.51. The van der Waals surface area contributed by atoms with E-state index in [1.165, 1.54) is 13.2 Å². The number of benzene rings is 1. The third-order valence-corrected chi connectivity index (χ3v) is 2.15. The van der Waals surface area contributed by atoms with Crippen molar-refractivity contribution >= 4 is 10.8 Å². The fourth-order valence-electron chi connectivity index (χ4n) is 1.41. The van der Waals surface area contributed by atoms with Crippen LogP contribution in [0.1, 0.15) is 5.76 Å². The van der Waals surface area contributed by atoms with Gasteiger partial charge in [-0.05, 0) is 23.6 Å². The van der Waals surface area contributed by atoms with Crippen molar-refractivity contribution in [3.8, 4) is 5.75 Å². The van der Waals surface area contributed by atoms with E-state index in [4.69, 9.17) is 9.15 Å². The number of hydrogen-bond donors (Lipinski definition) is 0. The van der Waals surface area contributed by atoms with Crippen LogP contribution in [0.4, 0.5) is 4.39 Å². The van der Waals surface area contributed by atoms with Crippen LogP contribution >= 0.6 is 0 Å². The van der Waals surface area contributed by atoms with E-state index >= 15 is 0 Å². The lowest BCUT2D eigenvalue weighted by Crippen LogP contribution is -2.01. The summed E-state index contributed by atoms with van der Waals surface area (Å²) >= 11 is 0. The molecule has 78 valence electrons. The summed E-state index contributed by atoms with van der Waals surface area (Å²) in [6, 6.07) is 6.49. The van der Waals surface area contributed by atoms with Crippen LogP contribution in [-0.4, -0.2) is 7.11 Å². The fourth-order valence-corrected chi connectivity index (χ4v) is 1.41. The van der Waals surface area contributed by atoms with Gasteiger partial charge in [0.15, 0.2) is 0 Å². The zero-order valence-electron chi connectivity index (χ0n) is 8.12. The quantitative estimate of drug-likeness (QED) is 0.759. The number of methoxy groups -OCH3 is 1. The van der Waals surface area contributed by atoms with Crippen molar-refractivity contribution in [3.05, 3.63) is 40.4 Å². The molecule has 15 heavy (non-hydrogen) atoms. The van der Waals surface area contributed by atoms with E-state index in [9.17, 15) is 9.18 Å². The molecule has 4 heteroatoms. The molecule has 0 aliphatic carbocycles. The predicted octanol–water partition coefficient (Wildman–Crippen LogP) is 2.27. The minimum absolute atomic E-state index is 0.0395. The van der Waals surface area contributed by atoms with E-state index in [1.807, 2.05) is 0 Å². The second-order valence-electron chi connectivity index (χ2n) is 3.09. The Morgan fingerprint density at radius 2 is 2.20 bits per heavy atom. The zero-order valence-corrected chi connectivity index (χ0v) is 8.12. The van der Waals surface area contributed by atoms with Gasteiger partial charge in [-0.15, -0.1) is 0 Å². The van der Waals surface area contributed by atoms with Crippen molar-refractivity contribution in [2.75, 3.05) is 7.11 Å². The van der Waals surface area contributed by atoms with Crippen LogP contribution in [0.5, 0.6) is 5.75 Å². The van der Waals surface area contributed by atoms with Gasteiger partial charge in [0.05, 0.1) is 12.5 Å². The molecule has 0 bridgehead atoms. The smallest absolute Gasteiger partial charge is 0.344 e. The van der Waals surface area contributed by atoms with E-state index in [2.05, 4.69) is 0 Å². The molecule has 0 saturated heterocycles. The molecular weight excluding hydrogens is 199 g/mol. The lowest BCUT2D eigenvalue weighted by atomic mass is 10.1. The van der Waals surface area contributed by atoms with Crippen molar-refractivity contribution in [1.29, 1.82) is 0 Å². The minimum atomic E-state index is -0.781. The van der Waals surface area contributed by atoms with E-state index < -0.39 is 12.3 Å². The number of fused-ring (bicyclic) bond motifs is 1. The van der Waals surface area contributed by atoms with Gasteiger partial charge in [0.1, 0.15) is 18.2 Å². The molecule has 1 aromatic carbocycles. The molecule has 0 fully saturated rings. The van der Waals surface area contributed by atoms with Gasteiger partial charge in [0, 0.05) is 0 Å². The number of ether oxygens (including phenoxy) is 1. The number of alkyl halides is 1. The highest BCUT2D eigenvalue weighted by Gasteiger charge is 2.05. The van der Waals surface area contributed by atoms with Gasteiger partial charge in [-0.2, -0.15) is 0 Å². The second-order valence-corrected chi connectivity index (χ2v) is 3.09. The van der Waals surface area contributed by atoms with Crippen molar-refractivity contribution in [2.45, 2.75) is 6.67 Å². The Labute approximate surface area is 85.1 Å². The van der Waals surface area contributed by atoms with Gasteiger partial charge in [-0.3, -0.25) is 0 Å². The van der Waals surface area contributed by atoms with Gasteiger partial charge in [0.2, 0.25) is 0 Å². The monoisotopic (exact) mass is 208 g/mol. The van der Waals surface area contributed by atoms with Gasteiger partial charge >= 0.3 is 5.63 Å². The molecule has 2 rings (SSSR count).